The minimum absolute atomic E-state index is 0.0444. The number of amides is 1. The van der Waals surface area contributed by atoms with Gasteiger partial charge in [-0.2, -0.15) is 0 Å². The van der Waals surface area contributed by atoms with E-state index in [0.29, 0.717) is 11.4 Å². The van der Waals surface area contributed by atoms with E-state index in [1.807, 2.05) is 36.4 Å². The summed E-state index contributed by atoms with van der Waals surface area (Å²) in [5.74, 6) is -2.30. The van der Waals surface area contributed by atoms with Gasteiger partial charge in [-0.3, -0.25) is 9.59 Å². The molecular formula is C20H15NO5. The minimum atomic E-state index is -1.52. The van der Waals surface area contributed by atoms with Gasteiger partial charge in [0.05, 0.1) is 0 Å². The van der Waals surface area contributed by atoms with E-state index in [2.05, 4.69) is 5.32 Å². The molecule has 0 atom stereocenters. The van der Waals surface area contributed by atoms with Crippen molar-refractivity contribution >= 4 is 34.1 Å². The number of rotatable bonds is 6. The predicted octanol–water partition coefficient (Wildman–Crippen LogP) is 3.12. The topological polar surface area (TPSA) is 92.7 Å². The van der Waals surface area contributed by atoms with Crippen LogP contribution in [0.5, 0.6) is 5.75 Å². The van der Waals surface area contributed by atoms with Crippen LogP contribution in [0.1, 0.15) is 10.4 Å². The number of aliphatic carboxylic acids is 1. The second-order valence-corrected chi connectivity index (χ2v) is 5.56. The number of hydrogen-bond acceptors (Lipinski definition) is 4. The molecule has 6 heteroatoms. The number of Topliss-reactive ketones (excluding diaryl/α,β-unsaturated/α-hetero) is 1. The van der Waals surface area contributed by atoms with Crippen LogP contribution in [-0.2, 0) is 9.59 Å². The smallest absolute Gasteiger partial charge is 0.377 e. The maximum absolute atomic E-state index is 12.0. The Balaban J connectivity index is 1.58. The molecule has 0 bridgehead atoms. The van der Waals surface area contributed by atoms with Crippen LogP contribution in [-0.4, -0.2) is 29.4 Å². The van der Waals surface area contributed by atoms with Crippen LogP contribution in [0.15, 0.2) is 66.7 Å². The van der Waals surface area contributed by atoms with E-state index in [9.17, 15) is 14.4 Å². The summed E-state index contributed by atoms with van der Waals surface area (Å²) >= 11 is 0. The Kier molecular flexibility index (Phi) is 4.94. The predicted molar refractivity (Wildman–Crippen MR) is 96.5 cm³/mol. The van der Waals surface area contributed by atoms with E-state index in [1.54, 1.807) is 6.07 Å². The number of ketones is 1. The van der Waals surface area contributed by atoms with Crippen molar-refractivity contribution in [2.75, 3.05) is 11.9 Å². The first-order valence-electron chi connectivity index (χ1n) is 7.82. The molecule has 0 unspecified atom stereocenters. The molecule has 0 spiro atoms. The maximum atomic E-state index is 12.0. The lowest BCUT2D eigenvalue weighted by atomic mass is 10.1. The summed E-state index contributed by atoms with van der Waals surface area (Å²) in [5, 5.41) is 13.4. The van der Waals surface area contributed by atoms with E-state index >= 15 is 0 Å². The van der Waals surface area contributed by atoms with E-state index in [0.717, 1.165) is 10.8 Å². The van der Waals surface area contributed by atoms with Crippen molar-refractivity contribution in [2.45, 2.75) is 0 Å². The number of carbonyl (C=O) groups excluding carboxylic acids is 2. The normalized spacial score (nSPS) is 10.3. The number of hydrogen-bond donors (Lipinski definition) is 2. The first-order chi connectivity index (χ1) is 12.5. The highest BCUT2D eigenvalue weighted by atomic mass is 16.5. The van der Waals surface area contributed by atoms with Gasteiger partial charge in [-0.15, -0.1) is 0 Å². The van der Waals surface area contributed by atoms with Crippen LogP contribution < -0.4 is 10.1 Å². The molecule has 0 saturated heterocycles. The van der Waals surface area contributed by atoms with Crippen molar-refractivity contribution in [1.29, 1.82) is 0 Å². The Bertz CT molecular complexity index is 979. The summed E-state index contributed by atoms with van der Waals surface area (Å²) in [5.41, 5.74) is 0.488. The van der Waals surface area contributed by atoms with E-state index < -0.39 is 11.8 Å². The average molecular weight is 349 g/mol. The second-order valence-electron chi connectivity index (χ2n) is 5.56. The van der Waals surface area contributed by atoms with E-state index in [4.69, 9.17) is 9.84 Å². The van der Waals surface area contributed by atoms with Gasteiger partial charge >= 0.3 is 5.97 Å². The van der Waals surface area contributed by atoms with Crippen LogP contribution >= 0.6 is 0 Å². The fourth-order valence-electron chi connectivity index (χ4n) is 2.43. The minimum Gasteiger partial charge on any atom is -0.484 e. The quantitative estimate of drug-likeness (QED) is 0.527. The molecule has 26 heavy (non-hydrogen) atoms. The van der Waals surface area contributed by atoms with Gasteiger partial charge in [0.1, 0.15) is 5.75 Å². The number of carboxylic acid groups (broad SMARTS) is 1. The van der Waals surface area contributed by atoms with Crippen molar-refractivity contribution in [3.05, 3.63) is 72.3 Å². The Morgan fingerprint density at radius 2 is 1.58 bits per heavy atom. The summed E-state index contributed by atoms with van der Waals surface area (Å²) < 4.78 is 5.50. The van der Waals surface area contributed by atoms with Gasteiger partial charge in [0.15, 0.2) is 6.61 Å². The summed E-state index contributed by atoms with van der Waals surface area (Å²) in [6.07, 6.45) is 0. The molecule has 1 amide bonds. The molecular weight excluding hydrogens is 334 g/mol. The zero-order chi connectivity index (χ0) is 18.5. The standard InChI is InChI=1S/C20H15NO5/c22-18(21-16-8-5-14(6-9-16)19(23)20(24)25)12-26-17-10-7-13-3-1-2-4-15(13)11-17/h1-11H,12H2,(H,21,22)(H,24,25). The highest BCUT2D eigenvalue weighted by molar-refractivity contribution is 6.39. The Hall–Kier alpha value is -3.67. The zero-order valence-electron chi connectivity index (χ0n) is 13.6. The van der Waals surface area contributed by atoms with Crippen molar-refractivity contribution in [3.63, 3.8) is 0 Å². The number of ether oxygens (including phenoxy) is 1. The van der Waals surface area contributed by atoms with Gasteiger partial charge in [0.25, 0.3) is 11.7 Å². The first-order valence-corrected chi connectivity index (χ1v) is 7.82. The van der Waals surface area contributed by atoms with Crippen LogP contribution in [0.25, 0.3) is 10.8 Å². The molecule has 0 aliphatic carbocycles. The molecule has 0 aliphatic rings. The highest BCUT2D eigenvalue weighted by Crippen LogP contribution is 2.20. The molecule has 3 aromatic rings. The molecule has 0 aromatic heterocycles. The molecule has 0 radical (unpaired) electrons. The Morgan fingerprint density at radius 3 is 2.27 bits per heavy atom. The molecule has 2 N–H and O–H groups in total. The summed E-state index contributed by atoms with van der Waals surface area (Å²) in [6.45, 7) is -0.172. The summed E-state index contributed by atoms with van der Waals surface area (Å²) in [4.78, 5) is 33.9. The summed E-state index contributed by atoms with van der Waals surface area (Å²) in [7, 11) is 0. The van der Waals surface area contributed by atoms with Gasteiger partial charge in [-0.25, -0.2) is 4.79 Å². The van der Waals surface area contributed by atoms with Gasteiger partial charge in [-0.1, -0.05) is 30.3 Å². The second kappa shape index (κ2) is 7.48. The van der Waals surface area contributed by atoms with Crippen LogP contribution in [0.4, 0.5) is 5.69 Å². The van der Waals surface area contributed by atoms with E-state index in [-0.39, 0.29) is 18.1 Å². The van der Waals surface area contributed by atoms with Crippen molar-refractivity contribution in [1.82, 2.24) is 0 Å². The number of benzene rings is 3. The number of fused-ring (bicyclic) bond motifs is 1. The average Bonchev–Trinajstić information content (AvgIpc) is 2.66. The Morgan fingerprint density at radius 1 is 0.885 bits per heavy atom. The monoisotopic (exact) mass is 349 g/mol. The lowest BCUT2D eigenvalue weighted by Gasteiger charge is -2.08. The van der Waals surface area contributed by atoms with Crippen LogP contribution in [0.2, 0.25) is 0 Å². The molecule has 0 heterocycles. The van der Waals surface area contributed by atoms with Crippen molar-refractivity contribution in [2.24, 2.45) is 0 Å². The number of anilines is 1. The lowest BCUT2D eigenvalue weighted by molar-refractivity contribution is -0.131. The first kappa shape index (κ1) is 17.2. The third-order valence-electron chi connectivity index (χ3n) is 3.72. The molecule has 0 aliphatic heterocycles. The molecule has 3 rings (SSSR count). The summed E-state index contributed by atoms with van der Waals surface area (Å²) in [6, 6.07) is 19.0. The fourth-order valence-corrected chi connectivity index (χ4v) is 2.43. The van der Waals surface area contributed by atoms with Gasteiger partial charge < -0.3 is 15.2 Å². The largest absolute Gasteiger partial charge is 0.484 e. The third-order valence-corrected chi connectivity index (χ3v) is 3.72. The maximum Gasteiger partial charge on any atom is 0.377 e. The Labute approximate surface area is 149 Å². The molecule has 3 aromatic carbocycles. The third kappa shape index (κ3) is 4.05. The molecule has 130 valence electrons. The zero-order valence-corrected chi connectivity index (χ0v) is 13.6. The van der Waals surface area contributed by atoms with Gasteiger partial charge in [0, 0.05) is 11.3 Å². The number of nitrogens with one attached hydrogen (secondary N) is 1. The van der Waals surface area contributed by atoms with Crippen LogP contribution in [0.3, 0.4) is 0 Å². The molecule has 0 fully saturated rings. The number of carboxylic acids is 1. The van der Waals surface area contributed by atoms with Crippen molar-refractivity contribution in [3.8, 4) is 5.75 Å². The molecule has 0 saturated carbocycles. The van der Waals surface area contributed by atoms with Gasteiger partial charge in [-0.05, 0) is 47.2 Å². The van der Waals surface area contributed by atoms with Gasteiger partial charge in [0.2, 0.25) is 0 Å². The fraction of sp³-hybridized carbons (Fsp3) is 0.0500. The lowest BCUT2D eigenvalue weighted by Crippen LogP contribution is -2.20. The molecule has 6 nitrogen and oxygen atoms in total. The number of carbonyl (C=O) groups is 3. The van der Waals surface area contributed by atoms with Crippen molar-refractivity contribution < 1.29 is 24.2 Å². The highest BCUT2D eigenvalue weighted by Gasteiger charge is 2.14. The van der Waals surface area contributed by atoms with E-state index in [1.165, 1.54) is 24.3 Å². The van der Waals surface area contributed by atoms with Crippen LogP contribution in [0, 0.1) is 0 Å². The SMILES string of the molecule is O=C(COc1ccc2ccccc2c1)Nc1ccc(C(=O)C(=O)O)cc1.